The molecule has 0 fully saturated rings. The molecule has 1 heterocycles. The van der Waals surface area contributed by atoms with Crippen LogP contribution in [-0.4, -0.2) is 25.0 Å². The SMILES string of the molecule is CN1CC=C2C(C#N)=C(N)C(C#N)(C#N)C(c3ccc(C(C)(C)C)cc3)C2C1. The Bertz CT molecular complexity index is 956. The van der Waals surface area contributed by atoms with Crippen LogP contribution in [0.25, 0.3) is 0 Å². The molecule has 2 unspecified atom stereocenters. The smallest absolute Gasteiger partial charge is 0.191 e. The van der Waals surface area contributed by atoms with Gasteiger partial charge in [-0.3, -0.25) is 0 Å². The summed E-state index contributed by atoms with van der Waals surface area (Å²) in [6, 6.07) is 14.7. The van der Waals surface area contributed by atoms with Crippen LogP contribution in [0.3, 0.4) is 0 Å². The Morgan fingerprint density at radius 1 is 1.11 bits per heavy atom. The topological polar surface area (TPSA) is 101 Å². The van der Waals surface area contributed by atoms with Crippen molar-refractivity contribution >= 4 is 0 Å². The molecular weight excluding hydrogens is 346 g/mol. The lowest BCUT2D eigenvalue weighted by molar-refractivity contribution is 0.237. The predicted molar refractivity (Wildman–Crippen MR) is 107 cm³/mol. The fourth-order valence-electron chi connectivity index (χ4n) is 4.39. The van der Waals surface area contributed by atoms with Crippen molar-refractivity contribution in [1.82, 2.24) is 4.90 Å². The minimum absolute atomic E-state index is 0.00959. The van der Waals surface area contributed by atoms with E-state index in [2.05, 4.69) is 56.0 Å². The van der Waals surface area contributed by atoms with Crippen LogP contribution in [0.2, 0.25) is 0 Å². The molecule has 3 rings (SSSR count). The fraction of sp³-hybridized carbons (Fsp3) is 0.435. The van der Waals surface area contributed by atoms with Gasteiger partial charge in [0, 0.05) is 24.9 Å². The Morgan fingerprint density at radius 3 is 2.21 bits per heavy atom. The van der Waals surface area contributed by atoms with Gasteiger partial charge in [-0.1, -0.05) is 51.1 Å². The first-order valence-corrected chi connectivity index (χ1v) is 9.42. The first-order valence-electron chi connectivity index (χ1n) is 9.42. The molecule has 1 aliphatic heterocycles. The molecule has 142 valence electrons. The second-order valence-electron chi connectivity index (χ2n) is 8.77. The van der Waals surface area contributed by atoms with E-state index in [0.717, 1.165) is 11.1 Å². The zero-order chi connectivity index (χ0) is 20.7. The van der Waals surface area contributed by atoms with Crippen molar-refractivity contribution in [3.63, 3.8) is 0 Å². The molecule has 1 aromatic rings. The molecule has 5 heteroatoms. The molecule has 2 atom stereocenters. The normalized spacial score (nSPS) is 24.4. The Kier molecular flexibility index (Phi) is 4.80. The molecule has 0 saturated heterocycles. The van der Waals surface area contributed by atoms with Crippen LogP contribution >= 0.6 is 0 Å². The summed E-state index contributed by atoms with van der Waals surface area (Å²) < 4.78 is 0. The lowest BCUT2D eigenvalue weighted by Gasteiger charge is -2.45. The van der Waals surface area contributed by atoms with Gasteiger partial charge in [0.1, 0.15) is 6.07 Å². The maximum atomic E-state index is 10.1. The van der Waals surface area contributed by atoms with Gasteiger partial charge in [-0.15, -0.1) is 0 Å². The molecule has 2 N–H and O–H groups in total. The van der Waals surface area contributed by atoms with Gasteiger partial charge < -0.3 is 10.6 Å². The minimum atomic E-state index is -1.56. The average molecular weight is 371 g/mol. The number of benzene rings is 1. The van der Waals surface area contributed by atoms with E-state index in [0.29, 0.717) is 18.7 Å². The maximum Gasteiger partial charge on any atom is 0.191 e. The summed E-state index contributed by atoms with van der Waals surface area (Å²) in [5.74, 6) is -0.567. The van der Waals surface area contributed by atoms with Gasteiger partial charge in [-0.2, -0.15) is 15.8 Å². The van der Waals surface area contributed by atoms with Gasteiger partial charge in [-0.05, 0) is 29.2 Å². The van der Waals surface area contributed by atoms with Gasteiger partial charge >= 0.3 is 0 Å². The molecule has 0 radical (unpaired) electrons. The monoisotopic (exact) mass is 371 g/mol. The highest BCUT2D eigenvalue weighted by atomic mass is 15.1. The summed E-state index contributed by atoms with van der Waals surface area (Å²) in [6.07, 6.45) is 2.01. The molecule has 1 aromatic carbocycles. The lowest BCUT2D eigenvalue weighted by atomic mass is 9.58. The molecule has 0 spiro atoms. The quantitative estimate of drug-likeness (QED) is 0.816. The number of nitrogens with two attached hydrogens (primary N) is 1. The van der Waals surface area contributed by atoms with Gasteiger partial charge in [-0.25, -0.2) is 0 Å². The third-order valence-corrected chi connectivity index (χ3v) is 5.98. The van der Waals surface area contributed by atoms with Crippen LogP contribution in [-0.2, 0) is 5.41 Å². The van der Waals surface area contributed by atoms with Crippen LogP contribution in [0.5, 0.6) is 0 Å². The Hall–Kier alpha value is -3.07. The van der Waals surface area contributed by atoms with E-state index in [1.807, 2.05) is 25.3 Å². The van der Waals surface area contributed by atoms with Crippen molar-refractivity contribution in [3.8, 4) is 18.2 Å². The summed E-state index contributed by atoms with van der Waals surface area (Å²) in [7, 11) is 2.00. The number of likely N-dealkylation sites (N-methyl/N-ethyl adjacent to an activating group) is 1. The zero-order valence-electron chi connectivity index (χ0n) is 16.8. The molecular formula is C23H25N5. The van der Waals surface area contributed by atoms with E-state index < -0.39 is 11.3 Å². The number of hydrogen-bond acceptors (Lipinski definition) is 5. The van der Waals surface area contributed by atoms with E-state index in [4.69, 9.17) is 5.73 Å². The highest BCUT2D eigenvalue weighted by Crippen LogP contribution is 2.54. The van der Waals surface area contributed by atoms with Gasteiger partial charge in [0.2, 0.25) is 0 Å². The second-order valence-corrected chi connectivity index (χ2v) is 8.77. The highest BCUT2D eigenvalue weighted by Gasteiger charge is 2.54. The number of nitriles is 3. The molecule has 0 amide bonds. The van der Waals surface area contributed by atoms with Gasteiger partial charge in [0.05, 0.1) is 23.4 Å². The molecule has 0 saturated carbocycles. The molecule has 2 aliphatic rings. The maximum absolute atomic E-state index is 10.1. The summed E-state index contributed by atoms with van der Waals surface area (Å²) in [5.41, 5.74) is 8.09. The summed E-state index contributed by atoms with van der Waals surface area (Å²) in [6.45, 7) is 7.82. The number of nitrogens with zero attached hydrogens (tertiary/aromatic N) is 4. The third-order valence-electron chi connectivity index (χ3n) is 5.98. The van der Waals surface area contributed by atoms with E-state index in [-0.39, 0.29) is 17.0 Å². The van der Waals surface area contributed by atoms with Crippen LogP contribution in [0.1, 0.15) is 37.8 Å². The minimum Gasteiger partial charge on any atom is -0.399 e. The molecule has 5 nitrogen and oxygen atoms in total. The largest absolute Gasteiger partial charge is 0.399 e. The summed E-state index contributed by atoms with van der Waals surface area (Å²) in [4.78, 5) is 2.14. The fourth-order valence-corrected chi connectivity index (χ4v) is 4.39. The van der Waals surface area contributed by atoms with Crippen molar-refractivity contribution in [1.29, 1.82) is 15.8 Å². The van der Waals surface area contributed by atoms with Crippen molar-refractivity contribution in [2.24, 2.45) is 17.1 Å². The number of fused-ring (bicyclic) bond motifs is 1. The van der Waals surface area contributed by atoms with E-state index in [9.17, 15) is 15.8 Å². The Labute approximate surface area is 167 Å². The number of rotatable bonds is 1. The van der Waals surface area contributed by atoms with Crippen molar-refractivity contribution in [2.45, 2.75) is 32.1 Å². The van der Waals surface area contributed by atoms with Crippen LogP contribution < -0.4 is 5.73 Å². The predicted octanol–water partition coefficient (Wildman–Crippen LogP) is 3.34. The molecule has 0 bridgehead atoms. The number of allylic oxidation sites excluding steroid dienone is 2. The van der Waals surface area contributed by atoms with Crippen molar-refractivity contribution in [3.05, 3.63) is 58.3 Å². The second kappa shape index (κ2) is 6.83. The Balaban J connectivity index is 2.25. The van der Waals surface area contributed by atoms with Crippen LogP contribution in [0, 0.1) is 45.3 Å². The van der Waals surface area contributed by atoms with Crippen molar-refractivity contribution in [2.75, 3.05) is 20.1 Å². The first kappa shape index (κ1) is 19.7. The third kappa shape index (κ3) is 2.88. The highest BCUT2D eigenvalue weighted by molar-refractivity contribution is 5.59. The molecule has 1 aliphatic carbocycles. The average Bonchev–Trinajstić information content (AvgIpc) is 2.67. The summed E-state index contributed by atoms with van der Waals surface area (Å²) in [5, 5.41) is 29.8. The van der Waals surface area contributed by atoms with E-state index in [1.54, 1.807) is 0 Å². The molecule has 0 aromatic heterocycles. The summed E-state index contributed by atoms with van der Waals surface area (Å²) >= 11 is 0. The Morgan fingerprint density at radius 2 is 1.71 bits per heavy atom. The standard InChI is InChI=1S/C23H25N5/c1-22(2,3)16-7-5-15(6-8-16)20-19-12-28(4)10-9-17(19)18(11-24)21(27)23(20,13-25)14-26/h5-9,19-20H,10,12,27H2,1-4H3. The van der Waals surface area contributed by atoms with E-state index >= 15 is 0 Å². The van der Waals surface area contributed by atoms with Crippen LogP contribution in [0.15, 0.2) is 47.2 Å². The van der Waals surface area contributed by atoms with Gasteiger partial charge in [0.15, 0.2) is 5.41 Å². The first-order chi connectivity index (χ1) is 13.2. The van der Waals surface area contributed by atoms with Gasteiger partial charge in [0.25, 0.3) is 0 Å². The number of hydrogen-bond donors (Lipinski definition) is 1. The lowest BCUT2D eigenvalue weighted by Crippen LogP contribution is -2.47. The van der Waals surface area contributed by atoms with Crippen LogP contribution in [0.4, 0.5) is 0 Å². The van der Waals surface area contributed by atoms with Crippen molar-refractivity contribution < 1.29 is 0 Å². The van der Waals surface area contributed by atoms with E-state index in [1.165, 1.54) is 5.56 Å². The molecule has 28 heavy (non-hydrogen) atoms. The zero-order valence-corrected chi connectivity index (χ0v) is 16.8.